The lowest BCUT2D eigenvalue weighted by Gasteiger charge is -2.24. The third-order valence-corrected chi connectivity index (χ3v) is 4.15. The first-order valence-electron chi connectivity index (χ1n) is 8.76. The van der Waals surface area contributed by atoms with Crippen molar-refractivity contribution in [1.82, 2.24) is 5.23 Å². The molecule has 0 aliphatic carbocycles. The van der Waals surface area contributed by atoms with Crippen molar-refractivity contribution in [3.8, 4) is 28.0 Å². The predicted octanol–water partition coefficient (Wildman–Crippen LogP) is 6.01. The molecule has 0 saturated heterocycles. The van der Waals surface area contributed by atoms with Crippen LogP contribution in [0.2, 0.25) is 0 Å². The molecule has 0 bridgehead atoms. The topological polar surface area (TPSA) is 21.3 Å². The first-order chi connectivity index (χ1) is 12.4. The van der Waals surface area contributed by atoms with Gasteiger partial charge in [-0.3, -0.25) is 5.23 Å². The Balaban J connectivity index is 2.08. The van der Waals surface area contributed by atoms with E-state index in [2.05, 4.69) is 68.5 Å². The molecule has 2 nitrogen and oxygen atoms in total. The van der Waals surface area contributed by atoms with E-state index in [1.807, 2.05) is 36.4 Å². The first kappa shape index (κ1) is 18.6. The van der Waals surface area contributed by atoms with Crippen molar-refractivity contribution in [3.63, 3.8) is 0 Å². The maximum absolute atomic E-state index is 6.49. The SMILES string of the molecule is CC(C)(C)NB(Cl)Oc1c(-c2ccccc2)cccc1-c1ccccc1. The van der Waals surface area contributed by atoms with E-state index in [0.29, 0.717) is 0 Å². The summed E-state index contributed by atoms with van der Waals surface area (Å²) in [6.07, 6.45) is 0. The highest BCUT2D eigenvalue weighted by Crippen LogP contribution is 2.39. The molecule has 0 aliphatic heterocycles. The lowest BCUT2D eigenvalue weighted by Crippen LogP contribution is -2.47. The van der Waals surface area contributed by atoms with Gasteiger partial charge in [0.25, 0.3) is 0 Å². The van der Waals surface area contributed by atoms with Gasteiger partial charge in [0.2, 0.25) is 0 Å². The lowest BCUT2D eigenvalue weighted by atomic mass is 9.96. The van der Waals surface area contributed by atoms with Gasteiger partial charge in [0.1, 0.15) is 5.75 Å². The fraction of sp³-hybridized carbons (Fsp3) is 0.182. The van der Waals surface area contributed by atoms with Crippen LogP contribution in [0.25, 0.3) is 22.3 Å². The molecule has 0 amide bonds. The smallest absolute Gasteiger partial charge is 0.533 e. The summed E-state index contributed by atoms with van der Waals surface area (Å²) >= 11 is 6.49. The van der Waals surface area contributed by atoms with Crippen molar-refractivity contribution in [2.24, 2.45) is 0 Å². The molecule has 0 unspecified atom stereocenters. The van der Waals surface area contributed by atoms with Crippen molar-refractivity contribution in [1.29, 1.82) is 0 Å². The molecule has 3 rings (SSSR count). The number of nitrogens with one attached hydrogen (secondary N) is 1. The molecule has 26 heavy (non-hydrogen) atoms. The third-order valence-electron chi connectivity index (χ3n) is 3.95. The van der Waals surface area contributed by atoms with Gasteiger partial charge in [-0.15, -0.1) is 11.5 Å². The van der Waals surface area contributed by atoms with E-state index in [1.54, 1.807) is 0 Å². The maximum Gasteiger partial charge on any atom is 0.559 e. The quantitative estimate of drug-likeness (QED) is 0.560. The van der Waals surface area contributed by atoms with E-state index < -0.39 is 6.47 Å². The van der Waals surface area contributed by atoms with Crippen LogP contribution in [-0.4, -0.2) is 12.0 Å². The zero-order valence-electron chi connectivity index (χ0n) is 15.4. The van der Waals surface area contributed by atoms with Gasteiger partial charge in [-0.05, 0) is 31.9 Å². The van der Waals surface area contributed by atoms with Crippen LogP contribution in [0, 0.1) is 0 Å². The minimum Gasteiger partial charge on any atom is -0.533 e. The summed E-state index contributed by atoms with van der Waals surface area (Å²) < 4.78 is 6.22. The average Bonchev–Trinajstić information content (AvgIpc) is 2.62. The molecule has 1 N–H and O–H groups in total. The summed E-state index contributed by atoms with van der Waals surface area (Å²) in [6, 6.07) is 26.6. The minimum absolute atomic E-state index is 0.152. The Bertz CT molecular complexity index is 789. The fourth-order valence-electron chi connectivity index (χ4n) is 2.83. The van der Waals surface area contributed by atoms with Crippen LogP contribution < -0.4 is 9.88 Å². The fourth-order valence-corrected chi connectivity index (χ4v) is 3.24. The molecule has 0 fully saturated rings. The number of benzene rings is 3. The summed E-state index contributed by atoms with van der Waals surface area (Å²) in [5.41, 5.74) is 4.09. The summed E-state index contributed by atoms with van der Waals surface area (Å²) in [7, 11) is 0. The van der Waals surface area contributed by atoms with Crippen LogP contribution in [0.15, 0.2) is 78.9 Å². The summed E-state index contributed by atoms with van der Waals surface area (Å²) in [4.78, 5) is 0. The monoisotopic (exact) mass is 363 g/mol. The molecule has 0 aliphatic rings. The lowest BCUT2D eigenvalue weighted by molar-refractivity contribution is 0.474. The molecular formula is C22H23BClNO. The summed E-state index contributed by atoms with van der Waals surface area (Å²) in [5, 5.41) is 3.27. The second-order valence-electron chi connectivity index (χ2n) is 7.24. The Labute approximate surface area is 161 Å². The number of para-hydroxylation sites is 1. The molecule has 3 aromatic rings. The highest BCUT2D eigenvalue weighted by atomic mass is 35.5. The third kappa shape index (κ3) is 4.69. The van der Waals surface area contributed by atoms with Crippen LogP contribution in [0.5, 0.6) is 5.75 Å². The molecule has 0 saturated carbocycles. The van der Waals surface area contributed by atoms with E-state index in [1.165, 1.54) is 0 Å². The van der Waals surface area contributed by atoms with Crippen LogP contribution in [0.3, 0.4) is 0 Å². The van der Waals surface area contributed by atoms with Crippen LogP contribution in [-0.2, 0) is 0 Å². The van der Waals surface area contributed by atoms with Gasteiger partial charge >= 0.3 is 6.47 Å². The van der Waals surface area contributed by atoms with E-state index in [0.717, 1.165) is 28.0 Å². The molecule has 0 atom stereocenters. The normalized spacial score (nSPS) is 11.2. The van der Waals surface area contributed by atoms with Gasteiger partial charge in [0, 0.05) is 16.7 Å². The van der Waals surface area contributed by atoms with E-state index >= 15 is 0 Å². The second kappa shape index (κ2) is 7.98. The van der Waals surface area contributed by atoms with Gasteiger partial charge in [0.15, 0.2) is 0 Å². The number of halogens is 1. The van der Waals surface area contributed by atoms with Gasteiger partial charge in [-0.1, -0.05) is 78.9 Å². The largest absolute Gasteiger partial charge is 0.559 e. The Hall–Kier alpha value is -2.23. The zero-order valence-corrected chi connectivity index (χ0v) is 16.1. The van der Waals surface area contributed by atoms with Crippen molar-refractivity contribution in [2.45, 2.75) is 26.3 Å². The van der Waals surface area contributed by atoms with Crippen molar-refractivity contribution in [2.75, 3.05) is 0 Å². The molecular weight excluding hydrogens is 341 g/mol. The van der Waals surface area contributed by atoms with Gasteiger partial charge in [-0.2, -0.15) is 0 Å². The molecule has 0 heterocycles. The number of hydrogen-bond acceptors (Lipinski definition) is 2. The van der Waals surface area contributed by atoms with Crippen molar-refractivity contribution >= 4 is 17.9 Å². The molecule has 0 radical (unpaired) electrons. The highest BCUT2D eigenvalue weighted by molar-refractivity contribution is 7.02. The first-order valence-corrected chi connectivity index (χ1v) is 9.20. The minimum atomic E-state index is -0.637. The Morgan fingerprint density at radius 3 is 1.62 bits per heavy atom. The Kier molecular flexibility index (Phi) is 5.70. The van der Waals surface area contributed by atoms with E-state index in [4.69, 9.17) is 16.1 Å². The number of rotatable bonds is 5. The summed E-state index contributed by atoms with van der Waals surface area (Å²) in [6.45, 7) is 5.55. The van der Waals surface area contributed by atoms with Crippen LogP contribution in [0.4, 0.5) is 0 Å². The maximum atomic E-state index is 6.49. The molecule has 4 heteroatoms. The highest BCUT2D eigenvalue weighted by Gasteiger charge is 2.25. The Morgan fingerprint density at radius 1 is 0.731 bits per heavy atom. The van der Waals surface area contributed by atoms with E-state index in [9.17, 15) is 0 Å². The number of hydrogen-bond donors (Lipinski definition) is 1. The molecule has 0 spiro atoms. The van der Waals surface area contributed by atoms with Crippen LogP contribution >= 0.6 is 11.5 Å². The van der Waals surface area contributed by atoms with Crippen molar-refractivity contribution in [3.05, 3.63) is 78.9 Å². The average molecular weight is 364 g/mol. The molecule has 3 aromatic carbocycles. The summed E-state index contributed by atoms with van der Waals surface area (Å²) in [5.74, 6) is 0.779. The van der Waals surface area contributed by atoms with Gasteiger partial charge in [-0.25, -0.2) is 0 Å². The second-order valence-corrected chi connectivity index (χ2v) is 7.64. The van der Waals surface area contributed by atoms with Crippen molar-refractivity contribution < 1.29 is 4.65 Å². The standard InChI is InChI=1S/C22H23BClNO/c1-22(2,3)25-23(24)26-21-19(17-11-6-4-7-12-17)15-10-16-20(21)18-13-8-5-9-14-18/h4-16,25H,1-3H3. The predicted molar refractivity (Wildman–Crippen MR) is 112 cm³/mol. The van der Waals surface area contributed by atoms with Gasteiger partial charge in [0.05, 0.1) is 0 Å². The molecule has 0 aromatic heterocycles. The Morgan fingerprint density at radius 2 is 1.19 bits per heavy atom. The van der Waals surface area contributed by atoms with E-state index in [-0.39, 0.29) is 5.54 Å². The van der Waals surface area contributed by atoms with Crippen LogP contribution in [0.1, 0.15) is 20.8 Å². The molecule has 132 valence electrons. The zero-order chi connectivity index (χ0) is 18.6. The van der Waals surface area contributed by atoms with Gasteiger partial charge < -0.3 is 4.65 Å².